The molecule has 82 valence electrons. The Labute approximate surface area is 99.7 Å². The Morgan fingerprint density at radius 1 is 1.60 bits per heavy atom. The first-order valence-electron chi connectivity index (χ1n) is 3.65. The molecule has 1 aromatic rings. The van der Waals surface area contributed by atoms with E-state index in [1.54, 1.807) is 0 Å². The highest BCUT2D eigenvalue weighted by Crippen LogP contribution is 2.38. The number of nitro groups is 1. The SMILES string of the molecule is Cn1cc([N+](=O)[O-])cc1C(Cl)(Cl)C(=O)Cl. The first-order chi connectivity index (χ1) is 6.76. The quantitative estimate of drug-likeness (QED) is 0.367. The van der Waals surface area contributed by atoms with E-state index in [9.17, 15) is 14.9 Å². The average Bonchev–Trinajstić information content (AvgIpc) is 2.47. The van der Waals surface area contributed by atoms with Crippen LogP contribution in [0.1, 0.15) is 5.69 Å². The van der Waals surface area contributed by atoms with Gasteiger partial charge in [0.25, 0.3) is 10.9 Å². The van der Waals surface area contributed by atoms with Gasteiger partial charge in [-0.3, -0.25) is 14.9 Å². The highest BCUT2D eigenvalue weighted by molar-refractivity contribution is 6.77. The van der Waals surface area contributed by atoms with Gasteiger partial charge in [-0.05, 0) is 11.6 Å². The van der Waals surface area contributed by atoms with Crippen molar-refractivity contribution in [3.8, 4) is 0 Å². The Kier molecular flexibility index (Phi) is 3.28. The number of alkyl halides is 2. The van der Waals surface area contributed by atoms with Crippen LogP contribution in [0.3, 0.4) is 0 Å². The van der Waals surface area contributed by atoms with Gasteiger partial charge in [0.15, 0.2) is 0 Å². The minimum atomic E-state index is -1.98. The van der Waals surface area contributed by atoms with E-state index in [0.29, 0.717) is 0 Å². The monoisotopic (exact) mass is 270 g/mol. The molecule has 0 aromatic carbocycles. The van der Waals surface area contributed by atoms with Crippen LogP contribution in [0.5, 0.6) is 0 Å². The maximum Gasteiger partial charge on any atom is 0.287 e. The van der Waals surface area contributed by atoms with Crippen LogP contribution in [-0.4, -0.2) is 14.7 Å². The van der Waals surface area contributed by atoms with Gasteiger partial charge in [0.2, 0.25) is 4.33 Å². The van der Waals surface area contributed by atoms with E-state index < -0.39 is 14.5 Å². The molecule has 0 atom stereocenters. The van der Waals surface area contributed by atoms with E-state index in [-0.39, 0.29) is 11.4 Å². The predicted molar refractivity (Wildman–Crippen MR) is 56.3 cm³/mol. The summed E-state index contributed by atoms with van der Waals surface area (Å²) < 4.78 is -0.705. The molecular weight excluding hydrogens is 266 g/mol. The van der Waals surface area contributed by atoms with Crippen molar-refractivity contribution in [2.75, 3.05) is 0 Å². The van der Waals surface area contributed by atoms with Crippen molar-refractivity contribution in [3.63, 3.8) is 0 Å². The molecule has 5 nitrogen and oxygen atoms in total. The lowest BCUT2D eigenvalue weighted by Gasteiger charge is -2.14. The average molecular weight is 271 g/mol. The number of rotatable bonds is 3. The van der Waals surface area contributed by atoms with Crippen LogP contribution >= 0.6 is 34.8 Å². The zero-order valence-electron chi connectivity index (χ0n) is 7.41. The molecule has 0 radical (unpaired) electrons. The van der Waals surface area contributed by atoms with Crippen LogP contribution in [0.15, 0.2) is 12.3 Å². The van der Waals surface area contributed by atoms with Gasteiger partial charge < -0.3 is 4.57 Å². The van der Waals surface area contributed by atoms with Crippen LogP contribution in [0.25, 0.3) is 0 Å². The van der Waals surface area contributed by atoms with E-state index in [0.717, 1.165) is 6.07 Å². The highest BCUT2D eigenvalue weighted by atomic mass is 35.5. The van der Waals surface area contributed by atoms with Crippen molar-refractivity contribution in [2.24, 2.45) is 7.05 Å². The van der Waals surface area contributed by atoms with Crippen LogP contribution in [0.2, 0.25) is 0 Å². The van der Waals surface area contributed by atoms with Gasteiger partial charge in [-0.25, -0.2) is 0 Å². The van der Waals surface area contributed by atoms with Crippen molar-refractivity contribution in [2.45, 2.75) is 4.33 Å². The molecule has 15 heavy (non-hydrogen) atoms. The largest absolute Gasteiger partial charge is 0.345 e. The third-order valence-corrected chi connectivity index (χ3v) is 2.98. The zero-order chi connectivity index (χ0) is 11.8. The van der Waals surface area contributed by atoms with E-state index in [1.807, 2.05) is 0 Å². The van der Waals surface area contributed by atoms with Crippen molar-refractivity contribution >= 4 is 45.7 Å². The second-order valence-corrected chi connectivity index (χ2v) is 4.47. The Morgan fingerprint density at radius 2 is 2.13 bits per heavy atom. The topological polar surface area (TPSA) is 65.1 Å². The Bertz CT molecular complexity index is 427. The molecule has 1 aromatic heterocycles. The van der Waals surface area contributed by atoms with Gasteiger partial charge in [0.1, 0.15) is 0 Å². The molecule has 1 rings (SSSR count). The van der Waals surface area contributed by atoms with Gasteiger partial charge in [0.05, 0.1) is 16.8 Å². The summed E-state index contributed by atoms with van der Waals surface area (Å²) in [7, 11) is 1.47. The van der Waals surface area contributed by atoms with E-state index >= 15 is 0 Å². The molecule has 0 spiro atoms. The predicted octanol–water partition coefficient (Wildman–Crippen LogP) is 2.33. The van der Waals surface area contributed by atoms with Gasteiger partial charge in [-0.15, -0.1) is 0 Å². The van der Waals surface area contributed by atoms with Gasteiger partial charge in [-0.1, -0.05) is 23.2 Å². The van der Waals surface area contributed by atoms with E-state index in [4.69, 9.17) is 34.8 Å². The highest BCUT2D eigenvalue weighted by Gasteiger charge is 2.38. The van der Waals surface area contributed by atoms with Gasteiger partial charge >= 0.3 is 0 Å². The lowest BCUT2D eigenvalue weighted by Crippen LogP contribution is -2.21. The lowest BCUT2D eigenvalue weighted by molar-refractivity contribution is -0.384. The second-order valence-electron chi connectivity index (χ2n) is 2.80. The Balaban J connectivity index is 3.27. The summed E-state index contributed by atoms with van der Waals surface area (Å²) in [5.74, 6) is 0. The third kappa shape index (κ3) is 2.25. The molecule has 0 unspecified atom stereocenters. The number of aromatic nitrogens is 1. The minimum Gasteiger partial charge on any atom is -0.345 e. The summed E-state index contributed by atoms with van der Waals surface area (Å²) in [6.07, 6.45) is 1.19. The molecule has 0 amide bonds. The second kappa shape index (κ2) is 4.00. The maximum absolute atomic E-state index is 10.9. The molecule has 0 saturated heterocycles. The normalized spacial score (nSPS) is 11.5. The molecule has 1 heterocycles. The number of hydrogen-bond donors (Lipinski definition) is 0. The smallest absolute Gasteiger partial charge is 0.287 e. The standard InChI is InChI=1S/C7H5Cl3N2O3/c1-11-3-4(12(14)15)2-5(11)7(9,10)6(8)13/h2-3H,1H3. The number of nitrogens with zero attached hydrogens (tertiary/aromatic N) is 2. The number of halogens is 3. The van der Waals surface area contributed by atoms with Crippen molar-refractivity contribution in [1.82, 2.24) is 4.57 Å². The summed E-state index contributed by atoms with van der Waals surface area (Å²) in [4.78, 5) is 20.7. The van der Waals surface area contributed by atoms with Crippen molar-refractivity contribution in [3.05, 3.63) is 28.1 Å². The van der Waals surface area contributed by atoms with Crippen LogP contribution in [-0.2, 0) is 16.2 Å². The lowest BCUT2D eigenvalue weighted by atomic mass is 10.3. The van der Waals surface area contributed by atoms with Gasteiger partial charge in [0, 0.05) is 13.1 Å². The molecule has 0 aliphatic heterocycles. The first kappa shape index (κ1) is 12.3. The van der Waals surface area contributed by atoms with Crippen LogP contribution in [0, 0.1) is 10.1 Å². The van der Waals surface area contributed by atoms with Crippen LogP contribution in [0.4, 0.5) is 5.69 Å². The number of aryl methyl sites for hydroxylation is 1. The summed E-state index contributed by atoms with van der Waals surface area (Å²) in [5, 5.41) is 9.44. The Morgan fingerprint density at radius 3 is 2.47 bits per heavy atom. The molecule has 0 saturated carbocycles. The summed E-state index contributed by atoms with van der Waals surface area (Å²) in [5.41, 5.74) is -0.159. The molecule has 0 N–H and O–H groups in total. The summed E-state index contributed by atoms with van der Waals surface area (Å²) >= 11 is 16.5. The molecule has 0 aliphatic rings. The molecule has 8 heteroatoms. The first-order valence-corrected chi connectivity index (χ1v) is 4.79. The minimum absolute atomic E-state index is 0.0533. The number of carbonyl (C=O) groups is 1. The fourth-order valence-corrected chi connectivity index (χ4v) is 1.53. The number of carbonyl (C=O) groups excluding carboxylic acids is 1. The summed E-state index contributed by atoms with van der Waals surface area (Å²) in [6, 6.07) is 1.10. The van der Waals surface area contributed by atoms with Gasteiger partial charge in [-0.2, -0.15) is 0 Å². The molecule has 0 aliphatic carbocycles. The Hall–Kier alpha value is -0.780. The van der Waals surface area contributed by atoms with Crippen molar-refractivity contribution in [1.29, 1.82) is 0 Å². The van der Waals surface area contributed by atoms with Crippen LogP contribution < -0.4 is 0 Å². The molecular formula is C7H5Cl3N2O3. The fraction of sp³-hybridized carbons (Fsp3) is 0.286. The van der Waals surface area contributed by atoms with Crippen molar-refractivity contribution < 1.29 is 9.72 Å². The molecule has 0 fully saturated rings. The summed E-state index contributed by atoms with van der Waals surface area (Å²) in [6.45, 7) is 0. The van der Waals surface area contributed by atoms with E-state index in [2.05, 4.69) is 0 Å². The maximum atomic E-state index is 10.9. The number of hydrogen-bond acceptors (Lipinski definition) is 3. The zero-order valence-corrected chi connectivity index (χ0v) is 9.68. The fourth-order valence-electron chi connectivity index (χ4n) is 1.06. The van der Waals surface area contributed by atoms with E-state index in [1.165, 1.54) is 17.8 Å². The molecule has 0 bridgehead atoms. The third-order valence-electron chi connectivity index (χ3n) is 1.77.